The lowest BCUT2D eigenvalue weighted by Crippen LogP contribution is -2.33. The lowest BCUT2D eigenvalue weighted by molar-refractivity contribution is -0.197. The largest absolute Gasteiger partial charge is 0.748 e. The van der Waals surface area contributed by atoms with E-state index in [0.717, 1.165) is 0 Å². The number of hydrogen-bond donors (Lipinski definition) is 1. The van der Waals surface area contributed by atoms with Gasteiger partial charge in [0.2, 0.25) is 11.8 Å². The Labute approximate surface area is 293 Å². The summed E-state index contributed by atoms with van der Waals surface area (Å²) in [6.07, 6.45) is -0.0554. The van der Waals surface area contributed by atoms with Crippen LogP contribution in [0.3, 0.4) is 0 Å². The second-order valence-corrected chi connectivity index (χ2v) is 14.3. The molecule has 0 atom stereocenters. The van der Waals surface area contributed by atoms with Gasteiger partial charge in [0.15, 0.2) is 0 Å². The van der Waals surface area contributed by atoms with Crippen LogP contribution in [0.4, 0.5) is 5.69 Å². The Morgan fingerprint density at radius 3 is 2.00 bits per heavy atom. The Morgan fingerprint density at radius 1 is 0.784 bits per heavy atom. The second-order valence-electron chi connectivity index (χ2n) is 11.3. The van der Waals surface area contributed by atoms with E-state index in [1.165, 1.54) is 23.1 Å². The van der Waals surface area contributed by atoms with E-state index in [4.69, 9.17) is 14.3 Å². The van der Waals surface area contributed by atoms with Crippen LogP contribution in [0.25, 0.3) is 0 Å². The van der Waals surface area contributed by atoms with Gasteiger partial charge in [-0.05, 0) is 48.7 Å². The van der Waals surface area contributed by atoms with Gasteiger partial charge in [0.25, 0.3) is 11.8 Å². The van der Waals surface area contributed by atoms with Gasteiger partial charge in [-0.1, -0.05) is 11.8 Å². The number of benzene rings is 2. The molecule has 1 saturated heterocycles. The molecule has 0 saturated carbocycles. The first-order chi connectivity index (χ1) is 24.1. The number of anilines is 1. The Kier molecular flexibility index (Phi) is 13.1. The molecule has 2 aromatic rings. The number of nitrogens with one attached hydrogen (secondary N) is 1. The summed E-state index contributed by atoms with van der Waals surface area (Å²) < 4.78 is 77.0. The molecule has 1 fully saturated rings. The number of ether oxygens (including phenoxy) is 2. The summed E-state index contributed by atoms with van der Waals surface area (Å²) in [4.78, 5) is 67.4. The Balaban J connectivity index is 1.40. The number of carbonyl (C=O) groups is 5. The minimum absolute atomic E-state index is 0.0281. The molecule has 19 heteroatoms. The molecule has 0 unspecified atom stereocenters. The first kappa shape index (κ1) is 38.8. The molecule has 1 N–H and O–H groups in total. The summed E-state index contributed by atoms with van der Waals surface area (Å²) in [5, 5.41) is 3.08. The summed E-state index contributed by atoms with van der Waals surface area (Å²) >= 11 is 0. The van der Waals surface area contributed by atoms with Gasteiger partial charge in [-0.3, -0.25) is 19.2 Å². The third kappa shape index (κ3) is 12.4. The monoisotopic (exact) mass is 747 g/mol. The van der Waals surface area contributed by atoms with E-state index in [0.29, 0.717) is 27.4 Å². The molecule has 2 aliphatic heterocycles. The van der Waals surface area contributed by atoms with Crippen LogP contribution in [0.15, 0.2) is 36.4 Å². The number of nitrogens with zero attached hydrogens (tertiary/aromatic N) is 2. The van der Waals surface area contributed by atoms with Gasteiger partial charge in [-0.25, -0.2) is 21.6 Å². The van der Waals surface area contributed by atoms with Gasteiger partial charge in [0, 0.05) is 55.8 Å². The van der Waals surface area contributed by atoms with Crippen LogP contribution in [0, 0.1) is 11.8 Å². The summed E-state index contributed by atoms with van der Waals surface area (Å²) in [5.74, 6) is 2.07. The maximum absolute atomic E-state index is 13.7. The molecular formula is C32H33N3O14S2-2. The van der Waals surface area contributed by atoms with Crippen LogP contribution in [0.5, 0.6) is 11.5 Å². The Morgan fingerprint density at radius 2 is 1.37 bits per heavy atom. The van der Waals surface area contributed by atoms with Gasteiger partial charge in [0.05, 0.1) is 44.0 Å². The minimum atomic E-state index is -4.54. The topological polar surface area (TPSA) is 246 Å². The SMILES string of the molecule is O=C(CCCC(=O)N1Cc2cc(OCCS(=O)(=O)[O-])ccc2C#Cc2ccc(OCCS(=O)(=O)[O-])cc21)NCCCC(=O)ON1C(=O)CCC1=O. The fourth-order valence-electron chi connectivity index (χ4n) is 4.87. The number of hydroxylamine groups is 2. The number of hydrogen-bond acceptors (Lipinski definition) is 14. The maximum Gasteiger partial charge on any atom is 0.333 e. The third-order valence-corrected chi connectivity index (χ3v) is 8.71. The highest BCUT2D eigenvalue weighted by atomic mass is 32.2. The van der Waals surface area contributed by atoms with Crippen molar-refractivity contribution in [2.75, 3.05) is 36.2 Å². The standard InChI is InChI=1S/C32H35N3O14S2/c36-28(33-14-2-5-32(40)49-35-30(38)12-13-31(35)39)3-1-4-29(37)34-21-24-19-25(47-15-17-50(41,42)43)10-8-22(24)6-7-23-9-11-26(20-27(23)34)48-16-18-51(44,45)46/h8-11,19-20H,1-5,12-18,21H2,(H,33,36)(H,41,42,43)(H,44,45,46)/p-2. The van der Waals surface area contributed by atoms with Crippen molar-refractivity contribution < 1.29 is 64.2 Å². The molecule has 2 heterocycles. The average Bonchev–Trinajstić information content (AvgIpc) is 3.35. The molecule has 4 rings (SSSR count). The normalized spacial score (nSPS) is 14.0. The molecule has 2 aliphatic rings. The highest BCUT2D eigenvalue weighted by molar-refractivity contribution is 7.85. The van der Waals surface area contributed by atoms with E-state index in [1.807, 2.05) is 0 Å². The van der Waals surface area contributed by atoms with Crippen molar-refractivity contribution in [2.45, 2.75) is 51.5 Å². The molecule has 0 aliphatic carbocycles. The zero-order valence-electron chi connectivity index (χ0n) is 27.1. The predicted octanol–water partition coefficient (Wildman–Crippen LogP) is 0.455. The van der Waals surface area contributed by atoms with E-state index < -0.39 is 74.6 Å². The molecule has 51 heavy (non-hydrogen) atoms. The van der Waals surface area contributed by atoms with E-state index in [9.17, 15) is 49.9 Å². The van der Waals surface area contributed by atoms with Crippen molar-refractivity contribution in [1.29, 1.82) is 0 Å². The fourth-order valence-corrected chi connectivity index (χ4v) is 5.44. The van der Waals surface area contributed by atoms with Gasteiger partial charge in [-0.2, -0.15) is 0 Å². The van der Waals surface area contributed by atoms with E-state index in [1.54, 1.807) is 18.2 Å². The number of fused-ring (bicyclic) bond motifs is 2. The zero-order valence-corrected chi connectivity index (χ0v) is 28.7. The molecule has 17 nitrogen and oxygen atoms in total. The average molecular weight is 748 g/mol. The number of amides is 4. The molecule has 274 valence electrons. The van der Waals surface area contributed by atoms with Gasteiger partial charge in [-0.15, -0.1) is 5.06 Å². The molecule has 4 amide bonds. The van der Waals surface area contributed by atoms with Crippen molar-refractivity contribution >= 4 is 55.5 Å². The lowest BCUT2D eigenvalue weighted by Gasteiger charge is -2.27. The first-order valence-corrected chi connectivity index (χ1v) is 18.8. The van der Waals surface area contributed by atoms with Crippen LogP contribution < -0.4 is 19.7 Å². The Hall–Kier alpha value is -5.03. The number of imide groups is 1. The van der Waals surface area contributed by atoms with Gasteiger partial charge < -0.3 is 33.6 Å². The molecule has 0 radical (unpaired) electrons. The predicted molar refractivity (Wildman–Crippen MR) is 173 cm³/mol. The maximum atomic E-state index is 13.7. The quantitative estimate of drug-likeness (QED) is 0.1000. The van der Waals surface area contributed by atoms with Crippen molar-refractivity contribution in [3.8, 4) is 23.3 Å². The van der Waals surface area contributed by atoms with Gasteiger partial charge in [0.1, 0.15) is 24.7 Å². The fraction of sp³-hybridized carbons (Fsp3) is 0.406. The van der Waals surface area contributed by atoms with Gasteiger partial charge >= 0.3 is 5.97 Å². The molecule has 0 bridgehead atoms. The Bertz CT molecular complexity index is 1950. The summed E-state index contributed by atoms with van der Waals surface area (Å²) in [5.41, 5.74) is 1.78. The molecule has 0 spiro atoms. The highest BCUT2D eigenvalue weighted by Gasteiger charge is 2.32. The van der Waals surface area contributed by atoms with E-state index >= 15 is 0 Å². The molecular weight excluding hydrogens is 714 g/mol. The van der Waals surface area contributed by atoms with Crippen molar-refractivity contribution in [3.63, 3.8) is 0 Å². The van der Waals surface area contributed by atoms with Crippen molar-refractivity contribution in [1.82, 2.24) is 10.4 Å². The van der Waals surface area contributed by atoms with E-state index in [-0.39, 0.29) is 69.5 Å². The van der Waals surface area contributed by atoms with Crippen molar-refractivity contribution in [2.24, 2.45) is 0 Å². The van der Waals surface area contributed by atoms with Crippen molar-refractivity contribution in [3.05, 3.63) is 53.1 Å². The highest BCUT2D eigenvalue weighted by Crippen LogP contribution is 2.31. The van der Waals surface area contributed by atoms with Crippen LogP contribution in [0.2, 0.25) is 0 Å². The summed E-state index contributed by atoms with van der Waals surface area (Å²) in [7, 11) is -9.05. The van der Waals surface area contributed by atoms with Crippen LogP contribution in [-0.2, 0) is 55.6 Å². The van der Waals surface area contributed by atoms with Crippen LogP contribution >= 0.6 is 0 Å². The molecule has 0 aromatic heterocycles. The minimum Gasteiger partial charge on any atom is -0.748 e. The van der Waals surface area contributed by atoms with Crippen LogP contribution in [-0.4, -0.2) is 91.9 Å². The first-order valence-electron chi connectivity index (χ1n) is 15.6. The molecule has 2 aromatic carbocycles. The summed E-state index contributed by atoms with van der Waals surface area (Å²) in [6.45, 7) is -0.780. The van der Waals surface area contributed by atoms with E-state index in [2.05, 4.69) is 17.2 Å². The lowest BCUT2D eigenvalue weighted by atomic mass is 10.0. The zero-order chi connectivity index (χ0) is 37.2. The number of rotatable bonds is 17. The summed E-state index contributed by atoms with van der Waals surface area (Å²) in [6, 6.07) is 9.25. The van der Waals surface area contributed by atoms with Crippen LogP contribution in [0.1, 0.15) is 61.6 Å². The second kappa shape index (κ2) is 17.3. The smallest absolute Gasteiger partial charge is 0.333 e. The third-order valence-electron chi connectivity index (χ3n) is 7.38. The number of carbonyl (C=O) groups excluding carboxylic acids is 5.